The summed E-state index contributed by atoms with van der Waals surface area (Å²) in [5.41, 5.74) is 3.58. The maximum absolute atomic E-state index is 12.9. The van der Waals surface area contributed by atoms with Crippen LogP contribution in [0.15, 0.2) is 42.6 Å². The molecule has 0 atom stereocenters. The third kappa shape index (κ3) is 3.28. The normalized spacial score (nSPS) is 11.5. The Bertz CT molecular complexity index is 1040. The number of methoxy groups -OCH3 is 1. The van der Waals surface area contributed by atoms with Gasteiger partial charge in [-0.2, -0.15) is 0 Å². The van der Waals surface area contributed by atoms with E-state index >= 15 is 0 Å². The number of pyridine rings is 1. The smallest absolute Gasteiger partial charge is 0.340 e. The minimum Gasteiger partial charge on any atom is -0.496 e. The molecule has 0 aliphatic carbocycles. The highest BCUT2D eigenvalue weighted by atomic mass is 16.5. The Morgan fingerprint density at radius 2 is 1.93 bits per heavy atom. The number of fused-ring (bicyclic) bond motifs is 1. The summed E-state index contributed by atoms with van der Waals surface area (Å²) >= 11 is 0. The SMILES string of the molecule is CCOC(=O)c1c(-c2cc(C(C)(C)C)ccc2OC)c(C=O)n2ccccc12. The molecule has 146 valence electrons. The van der Waals surface area contributed by atoms with E-state index in [2.05, 4.69) is 20.8 Å². The number of nitrogens with zero attached hydrogens (tertiary/aromatic N) is 1. The first-order valence-electron chi connectivity index (χ1n) is 9.27. The number of esters is 1. The molecule has 3 rings (SSSR count). The summed E-state index contributed by atoms with van der Waals surface area (Å²) in [5.74, 6) is 0.134. The molecule has 0 aliphatic rings. The minimum atomic E-state index is -0.461. The van der Waals surface area contributed by atoms with Crippen molar-refractivity contribution in [3.8, 4) is 16.9 Å². The highest BCUT2D eigenvalue weighted by molar-refractivity contribution is 6.10. The number of hydrogen-bond acceptors (Lipinski definition) is 4. The van der Waals surface area contributed by atoms with Gasteiger partial charge in [0.05, 0.1) is 30.5 Å². The molecule has 0 aliphatic heterocycles. The molecule has 0 saturated carbocycles. The topological polar surface area (TPSA) is 57.0 Å². The van der Waals surface area contributed by atoms with Crippen LogP contribution in [0.3, 0.4) is 0 Å². The predicted molar refractivity (Wildman–Crippen MR) is 109 cm³/mol. The van der Waals surface area contributed by atoms with Gasteiger partial charge in [-0.1, -0.05) is 32.9 Å². The van der Waals surface area contributed by atoms with Crippen LogP contribution in [0, 0.1) is 0 Å². The summed E-state index contributed by atoms with van der Waals surface area (Å²) in [6.07, 6.45) is 2.54. The fourth-order valence-corrected chi connectivity index (χ4v) is 3.40. The molecular weight excluding hydrogens is 354 g/mol. The standard InChI is InChI=1S/C23H25NO4/c1-6-28-22(26)21-17-9-7-8-12-24(17)18(14-25)20(21)16-13-15(23(2,3)4)10-11-19(16)27-5/h7-14H,6H2,1-5H3. The van der Waals surface area contributed by atoms with E-state index in [1.807, 2.05) is 36.4 Å². The fourth-order valence-electron chi connectivity index (χ4n) is 3.40. The number of hydrogen-bond donors (Lipinski definition) is 0. The van der Waals surface area contributed by atoms with Gasteiger partial charge in [0, 0.05) is 17.3 Å². The second kappa shape index (κ2) is 7.50. The lowest BCUT2D eigenvalue weighted by molar-refractivity contribution is 0.0529. The second-order valence-corrected chi connectivity index (χ2v) is 7.59. The maximum Gasteiger partial charge on any atom is 0.340 e. The zero-order valence-electron chi connectivity index (χ0n) is 16.9. The molecule has 5 heteroatoms. The average molecular weight is 379 g/mol. The van der Waals surface area contributed by atoms with Crippen LogP contribution in [0.4, 0.5) is 0 Å². The Balaban J connectivity index is 2.45. The summed E-state index contributed by atoms with van der Waals surface area (Å²) in [6, 6.07) is 11.3. The molecule has 0 spiro atoms. The molecule has 3 aromatic rings. The molecule has 28 heavy (non-hydrogen) atoms. The quantitative estimate of drug-likeness (QED) is 0.467. The van der Waals surface area contributed by atoms with Crippen molar-refractivity contribution in [1.29, 1.82) is 0 Å². The van der Waals surface area contributed by atoms with Crippen LogP contribution in [-0.4, -0.2) is 30.4 Å². The van der Waals surface area contributed by atoms with E-state index in [1.54, 1.807) is 24.6 Å². The molecule has 0 unspecified atom stereocenters. The number of rotatable bonds is 5. The molecule has 0 radical (unpaired) electrons. The third-order valence-electron chi connectivity index (χ3n) is 4.81. The van der Waals surface area contributed by atoms with E-state index in [4.69, 9.17) is 9.47 Å². The van der Waals surface area contributed by atoms with Crippen LogP contribution >= 0.6 is 0 Å². The van der Waals surface area contributed by atoms with Gasteiger partial charge < -0.3 is 13.9 Å². The number of carbonyl (C=O) groups is 2. The Morgan fingerprint density at radius 3 is 2.54 bits per heavy atom. The monoisotopic (exact) mass is 379 g/mol. The number of aromatic nitrogens is 1. The van der Waals surface area contributed by atoms with Crippen LogP contribution < -0.4 is 4.74 Å². The first-order chi connectivity index (χ1) is 13.3. The third-order valence-corrected chi connectivity index (χ3v) is 4.81. The van der Waals surface area contributed by atoms with Gasteiger partial charge in [-0.3, -0.25) is 4.79 Å². The Morgan fingerprint density at radius 1 is 1.18 bits per heavy atom. The van der Waals surface area contributed by atoms with E-state index in [1.165, 1.54) is 0 Å². The van der Waals surface area contributed by atoms with Crippen LogP contribution in [-0.2, 0) is 10.2 Å². The van der Waals surface area contributed by atoms with Crippen molar-refractivity contribution in [3.63, 3.8) is 0 Å². The van der Waals surface area contributed by atoms with Crippen LogP contribution in [0.1, 0.15) is 54.1 Å². The average Bonchev–Trinajstić information content (AvgIpc) is 3.01. The Hall–Kier alpha value is -3.08. The Labute approximate surface area is 164 Å². The van der Waals surface area contributed by atoms with E-state index in [0.29, 0.717) is 33.7 Å². The predicted octanol–water partition coefficient (Wildman–Crippen LogP) is 4.90. The zero-order valence-corrected chi connectivity index (χ0v) is 16.9. The summed E-state index contributed by atoms with van der Waals surface area (Å²) in [7, 11) is 1.58. The van der Waals surface area contributed by atoms with Gasteiger partial charge in [0.2, 0.25) is 0 Å². The molecular formula is C23H25NO4. The van der Waals surface area contributed by atoms with Crippen molar-refractivity contribution in [1.82, 2.24) is 4.40 Å². The molecule has 2 aromatic heterocycles. The molecule has 5 nitrogen and oxygen atoms in total. The fraction of sp³-hybridized carbons (Fsp3) is 0.304. The van der Waals surface area contributed by atoms with Crippen molar-refractivity contribution >= 4 is 17.8 Å². The summed E-state index contributed by atoms with van der Waals surface area (Å²) in [6.45, 7) is 8.35. The lowest BCUT2D eigenvalue weighted by atomic mass is 9.84. The molecule has 1 aromatic carbocycles. The van der Waals surface area contributed by atoms with Crippen molar-refractivity contribution < 1.29 is 19.1 Å². The van der Waals surface area contributed by atoms with Crippen LogP contribution in [0.5, 0.6) is 5.75 Å². The van der Waals surface area contributed by atoms with Crippen LogP contribution in [0.25, 0.3) is 16.6 Å². The first-order valence-corrected chi connectivity index (χ1v) is 9.27. The van der Waals surface area contributed by atoms with Crippen molar-refractivity contribution in [2.75, 3.05) is 13.7 Å². The molecule has 0 N–H and O–H groups in total. The van der Waals surface area contributed by atoms with E-state index in [9.17, 15) is 9.59 Å². The molecule has 2 heterocycles. The van der Waals surface area contributed by atoms with Crippen LogP contribution in [0.2, 0.25) is 0 Å². The lowest BCUT2D eigenvalue weighted by Crippen LogP contribution is -2.12. The van der Waals surface area contributed by atoms with Gasteiger partial charge >= 0.3 is 5.97 Å². The minimum absolute atomic E-state index is 0.106. The second-order valence-electron chi connectivity index (χ2n) is 7.59. The van der Waals surface area contributed by atoms with Gasteiger partial charge in [-0.25, -0.2) is 4.79 Å². The van der Waals surface area contributed by atoms with E-state index in [0.717, 1.165) is 11.8 Å². The first kappa shape index (κ1) is 19.7. The summed E-state index contributed by atoms with van der Waals surface area (Å²) < 4.78 is 12.6. The van der Waals surface area contributed by atoms with Gasteiger partial charge in [-0.15, -0.1) is 0 Å². The molecule has 0 bridgehead atoms. The molecule has 0 saturated heterocycles. The summed E-state index contributed by atoms with van der Waals surface area (Å²) in [4.78, 5) is 24.9. The zero-order chi connectivity index (χ0) is 20.5. The van der Waals surface area contributed by atoms with Gasteiger partial charge in [0.25, 0.3) is 0 Å². The lowest BCUT2D eigenvalue weighted by Gasteiger charge is -2.21. The van der Waals surface area contributed by atoms with Gasteiger partial charge in [0.1, 0.15) is 5.75 Å². The molecule has 0 amide bonds. The number of carbonyl (C=O) groups excluding carboxylic acids is 2. The van der Waals surface area contributed by atoms with Crippen molar-refractivity contribution in [3.05, 3.63) is 59.4 Å². The molecule has 0 fully saturated rings. The number of aldehydes is 1. The highest BCUT2D eigenvalue weighted by Gasteiger charge is 2.28. The highest BCUT2D eigenvalue weighted by Crippen LogP contribution is 2.40. The van der Waals surface area contributed by atoms with Crippen molar-refractivity contribution in [2.24, 2.45) is 0 Å². The Kier molecular flexibility index (Phi) is 5.27. The maximum atomic E-state index is 12.9. The largest absolute Gasteiger partial charge is 0.496 e. The number of benzene rings is 1. The number of ether oxygens (including phenoxy) is 2. The summed E-state index contributed by atoms with van der Waals surface area (Å²) in [5, 5.41) is 0. The van der Waals surface area contributed by atoms with Gasteiger partial charge in [0.15, 0.2) is 6.29 Å². The van der Waals surface area contributed by atoms with E-state index < -0.39 is 5.97 Å². The van der Waals surface area contributed by atoms with Gasteiger partial charge in [-0.05, 0) is 42.2 Å². The van der Waals surface area contributed by atoms with E-state index in [-0.39, 0.29) is 12.0 Å². The van der Waals surface area contributed by atoms with Crippen molar-refractivity contribution in [2.45, 2.75) is 33.1 Å².